The fourth-order valence-corrected chi connectivity index (χ4v) is 3.08. The third kappa shape index (κ3) is 3.22. The van der Waals surface area contributed by atoms with Gasteiger partial charge in [-0.1, -0.05) is 35.2 Å². The lowest BCUT2D eigenvalue weighted by molar-refractivity contribution is 0.199. The summed E-state index contributed by atoms with van der Waals surface area (Å²) in [5.41, 5.74) is 0.922. The first-order valence-corrected chi connectivity index (χ1v) is 7.16. The number of anilines is 1. The van der Waals surface area contributed by atoms with E-state index in [0.717, 1.165) is 19.9 Å². The predicted molar refractivity (Wildman–Crippen MR) is 75.4 cm³/mol. The Hall–Kier alpha value is -1.11. The van der Waals surface area contributed by atoms with Gasteiger partial charge in [-0.3, -0.25) is 0 Å². The molecule has 1 heterocycles. The Balaban J connectivity index is 2.08. The van der Waals surface area contributed by atoms with E-state index in [2.05, 4.69) is 10.2 Å². The summed E-state index contributed by atoms with van der Waals surface area (Å²) in [5, 5.41) is 18.6. The minimum absolute atomic E-state index is 0.425. The average Bonchev–Trinajstić information content (AvgIpc) is 2.78. The van der Waals surface area contributed by atoms with E-state index in [1.807, 2.05) is 43.3 Å². The monoisotopic (exact) mass is 281 g/mol. The second-order valence-electron chi connectivity index (χ2n) is 4.09. The fraction of sp³-hybridized carbons (Fsp3) is 0.333. The molecule has 6 heteroatoms. The fourth-order valence-electron chi connectivity index (χ4n) is 1.34. The van der Waals surface area contributed by atoms with Crippen molar-refractivity contribution in [1.29, 1.82) is 0 Å². The first kappa shape index (κ1) is 13.3. The van der Waals surface area contributed by atoms with E-state index >= 15 is 0 Å². The largest absolute Gasteiger partial charge is 0.389 e. The van der Waals surface area contributed by atoms with Crippen molar-refractivity contribution < 1.29 is 5.11 Å². The zero-order valence-electron chi connectivity index (χ0n) is 10.5. The molecule has 0 radical (unpaired) electrons. The molecule has 2 aromatic rings. The molecule has 0 fully saturated rings. The van der Waals surface area contributed by atoms with Crippen LogP contribution in [0.25, 0.3) is 0 Å². The van der Waals surface area contributed by atoms with Crippen LogP contribution in [-0.2, 0) is 0 Å². The minimum Gasteiger partial charge on any atom is -0.389 e. The maximum atomic E-state index is 9.44. The third-order valence-electron chi connectivity index (χ3n) is 2.35. The Morgan fingerprint density at radius 2 is 1.89 bits per heavy atom. The molecule has 0 unspecified atom stereocenters. The van der Waals surface area contributed by atoms with Gasteiger partial charge in [0.25, 0.3) is 0 Å². The summed E-state index contributed by atoms with van der Waals surface area (Å²) in [6.45, 7) is 1.76. The highest BCUT2D eigenvalue weighted by molar-refractivity contribution is 8.01. The van der Waals surface area contributed by atoms with Gasteiger partial charge in [-0.25, -0.2) is 0 Å². The third-order valence-corrected chi connectivity index (χ3v) is 4.50. The highest BCUT2D eigenvalue weighted by Gasteiger charge is 2.07. The molecule has 0 amide bonds. The molecule has 96 valence electrons. The van der Waals surface area contributed by atoms with Gasteiger partial charge in [0.05, 0.1) is 6.10 Å². The second-order valence-corrected chi connectivity index (χ2v) is 6.37. The van der Waals surface area contributed by atoms with Crippen LogP contribution >= 0.6 is 23.1 Å². The molecule has 0 saturated heterocycles. The van der Waals surface area contributed by atoms with Crippen LogP contribution < -0.4 is 4.90 Å². The van der Waals surface area contributed by atoms with Gasteiger partial charge in [-0.15, -0.1) is 10.2 Å². The lowest BCUT2D eigenvalue weighted by Gasteiger charge is -2.05. The van der Waals surface area contributed by atoms with E-state index < -0.39 is 6.10 Å². The summed E-state index contributed by atoms with van der Waals surface area (Å²) < 4.78 is 0.920. The molecule has 1 atom stereocenters. The molecule has 0 spiro atoms. The molecular weight excluding hydrogens is 266 g/mol. The molecule has 0 bridgehead atoms. The van der Waals surface area contributed by atoms with E-state index in [-0.39, 0.29) is 0 Å². The molecule has 4 nitrogen and oxygen atoms in total. The Bertz CT molecular complexity index is 508. The maximum Gasteiger partial charge on any atom is 0.208 e. The summed E-state index contributed by atoms with van der Waals surface area (Å²) in [7, 11) is 3.90. The standard InChI is InChI=1S/C12H15N3OS2/c1-8(16)9-4-6-10(7-5-9)17-12-14-13-11(18-12)15(2)3/h4-8,16H,1-3H3/t8-/m1/s1. The van der Waals surface area contributed by atoms with Gasteiger partial charge in [-0.2, -0.15) is 0 Å². The zero-order chi connectivity index (χ0) is 13.1. The summed E-state index contributed by atoms with van der Waals surface area (Å²) in [4.78, 5) is 3.04. The molecular formula is C12H15N3OS2. The summed E-state index contributed by atoms with van der Waals surface area (Å²) in [6, 6.07) is 7.84. The van der Waals surface area contributed by atoms with Crippen LogP contribution in [0.1, 0.15) is 18.6 Å². The molecule has 0 aliphatic rings. The van der Waals surface area contributed by atoms with Crippen molar-refractivity contribution >= 4 is 28.2 Å². The van der Waals surface area contributed by atoms with Gasteiger partial charge in [0.2, 0.25) is 5.13 Å². The zero-order valence-corrected chi connectivity index (χ0v) is 12.1. The molecule has 0 saturated carbocycles. The van der Waals surface area contributed by atoms with Gasteiger partial charge in [0.15, 0.2) is 4.34 Å². The Labute approximate surface area is 115 Å². The first-order chi connectivity index (χ1) is 8.56. The van der Waals surface area contributed by atoms with E-state index in [0.29, 0.717) is 0 Å². The van der Waals surface area contributed by atoms with Crippen LogP contribution in [0.5, 0.6) is 0 Å². The topological polar surface area (TPSA) is 49.3 Å². The van der Waals surface area contributed by atoms with Crippen molar-refractivity contribution in [2.45, 2.75) is 22.3 Å². The van der Waals surface area contributed by atoms with Gasteiger partial charge in [0.1, 0.15) is 0 Å². The number of rotatable bonds is 4. The van der Waals surface area contributed by atoms with Crippen LogP contribution in [0.15, 0.2) is 33.5 Å². The van der Waals surface area contributed by atoms with Gasteiger partial charge >= 0.3 is 0 Å². The van der Waals surface area contributed by atoms with Crippen LogP contribution in [0.2, 0.25) is 0 Å². The maximum absolute atomic E-state index is 9.44. The molecule has 1 aromatic carbocycles. The molecule has 1 aromatic heterocycles. The van der Waals surface area contributed by atoms with Crippen LogP contribution in [0.3, 0.4) is 0 Å². The van der Waals surface area contributed by atoms with Gasteiger partial charge in [0, 0.05) is 19.0 Å². The van der Waals surface area contributed by atoms with Crippen LogP contribution in [0.4, 0.5) is 5.13 Å². The van der Waals surface area contributed by atoms with E-state index in [1.165, 1.54) is 0 Å². The smallest absolute Gasteiger partial charge is 0.208 e. The average molecular weight is 281 g/mol. The lowest BCUT2D eigenvalue weighted by atomic mass is 10.1. The van der Waals surface area contributed by atoms with Crippen molar-refractivity contribution in [3.8, 4) is 0 Å². The summed E-state index contributed by atoms with van der Waals surface area (Å²) >= 11 is 3.15. The number of aliphatic hydroxyl groups excluding tert-OH is 1. The van der Waals surface area contributed by atoms with Crippen LogP contribution in [-0.4, -0.2) is 29.4 Å². The number of hydrogen-bond acceptors (Lipinski definition) is 6. The summed E-state index contributed by atoms with van der Waals surface area (Å²) in [5.74, 6) is 0. The highest BCUT2D eigenvalue weighted by atomic mass is 32.2. The van der Waals surface area contributed by atoms with Gasteiger partial charge in [-0.05, 0) is 24.6 Å². The molecule has 1 N–H and O–H groups in total. The normalized spacial score (nSPS) is 12.4. The van der Waals surface area contributed by atoms with Crippen molar-refractivity contribution in [2.75, 3.05) is 19.0 Å². The molecule has 0 aliphatic heterocycles. The van der Waals surface area contributed by atoms with E-state index in [9.17, 15) is 5.11 Å². The Kier molecular flexibility index (Phi) is 4.21. The van der Waals surface area contributed by atoms with Crippen molar-refractivity contribution in [1.82, 2.24) is 10.2 Å². The van der Waals surface area contributed by atoms with Crippen molar-refractivity contribution in [2.24, 2.45) is 0 Å². The van der Waals surface area contributed by atoms with Crippen LogP contribution in [0, 0.1) is 0 Å². The van der Waals surface area contributed by atoms with E-state index in [1.54, 1.807) is 30.0 Å². The van der Waals surface area contributed by atoms with E-state index in [4.69, 9.17) is 0 Å². The number of aliphatic hydroxyl groups is 1. The Morgan fingerprint density at radius 1 is 1.22 bits per heavy atom. The summed E-state index contributed by atoms with van der Waals surface area (Å²) in [6.07, 6.45) is -0.425. The van der Waals surface area contributed by atoms with Crippen molar-refractivity contribution in [3.63, 3.8) is 0 Å². The number of hydrogen-bond donors (Lipinski definition) is 1. The second kappa shape index (κ2) is 5.69. The first-order valence-electron chi connectivity index (χ1n) is 5.53. The van der Waals surface area contributed by atoms with Gasteiger partial charge < -0.3 is 10.0 Å². The molecule has 18 heavy (non-hydrogen) atoms. The SMILES string of the molecule is C[C@@H](O)c1ccc(Sc2nnc(N(C)C)s2)cc1. The predicted octanol–water partition coefficient (Wildman–Crippen LogP) is 2.81. The molecule has 2 rings (SSSR count). The Morgan fingerprint density at radius 3 is 2.39 bits per heavy atom. The lowest BCUT2D eigenvalue weighted by Crippen LogP contribution is -2.07. The number of benzene rings is 1. The minimum atomic E-state index is -0.425. The van der Waals surface area contributed by atoms with Crippen molar-refractivity contribution in [3.05, 3.63) is 29.8 Å². The number of nitrogens with zero attached hydrogens (tertiary/aromatic N) is 3. The quantitative estimate of drug-likeness (QED) is 0.934. The highest BCUT2D eigenvalue weighted by Crippen LogP contribution is 2.33. The number of aromatic nitrogens is 2. The molecule has 0 aliphatic carbocycles.